The minimum atomic E-state index is -1.31. The maximum Gasteiger partial charge on any atom is 0.253 e. The first-order valence-electron chi connectivity index (χ1n) is 14.8. The van der Waals surface area contributed by atoms with Crippen LogP contribution in [0.4, 0.5) is 5.69 Å². The fourth-order valence-corrected chi connectivity index (χ4v) is 7.39. The molecule has 8 heteroatoms. The molecule has 1 N–H and O–H groups in total. The number of amides is 3. The number of fused-ring (bicyclic) bond motifs is 3. The van der Waals surface area contributed by atoms with Crippen LogP contribution in [0.1, 0.15) is 33.6 Å². The van der Waals surface area contributed by atoms with Crippen LogP contribution in [0, 0.1) is 17.8 Å². The number of aliphatic hydroxyl groups excluding tert-OH is 1. The zero-order valence-corrected chi connectivity index (χ0v) is 24.0. The Morgan fingerprint density at radius 3 is 2.51 bits per heavy atom. The van der Waals surface area contributed by atoms with Crippen molar-refractivity contribution in [1.82, 2.24) is 9.80 Å². The molecule has 6 rings (SSSR count). The molecule has 0 radical (unpaired) electrons. The predicted molar refractivity (Wildman–Crippen MR) is 157 cm³/mol. The molecule has 0 bridgehead atoms. The molecule has 2 aromatic rings. The van der Waals surface area contributed by atoms with Gasteiger partial charge in [-0.3, -0.25) is 14.4 Å². The van der Waals surface area contributed by atoms with Crippen LogP contribution in [0.3, 0.4) is 0 Å². The molecule has 1 spiro atoms. The van der Waals surface area contributed by atoms with Gasteiger partial charge in [0.15, 0.2) is 0 Å². The zero-order valence-electron chi connectivity index (χ0n) is 24.0. The number of benzene rings is 2. The summed E-state index contributed by atoms with van der Waals surface area (Å²) in [4.78, 5) is 48.2. The lowest BCUT2D eigenvalue weighted by atomic mass is 9.77. The summed E-state index contributed by atoms with van der Waals surface area (Å²) in [5, 5.41) is 12.6. The molecule has 6 atom stereocenters. The quantitative estimate of drug-likeness (QED) is 0.526. The summed E-state index contributed by atoms with van der Waals surface area (Å²) in [6.07, 6.45) is 8.31. The highest BCUT2D eigenvalue weighted by Crippen LogP contribution is 2.54. The van der Waals surface area contributed by atoms with Crippen molar-refractivity contribution >= 4 is 34.2 Å². The largest absolute Gasteiger partial charge is 0.394 e. The van der Waals surface area contributed by atoms with Gasteiger partial charge in [0, 0.05) is 25.3 Å². The third-order valence-electron chi connectivity index (χ3n) is 9.07. The number of likely N-dealkylation sites (tertiary alicyclic amines) is 1. The fourth-order valence-electron chi connectivity index (χ4n) is 7.39. The van der Waals surface area contributed by atoms with Crippen molar-refractivity contribution in [3.05, 3.63) is 66.8 Å². The highest BCUT2D eigenvalue weighted by atomic mass is 16.5. The molecule has 41 heavy (non-hydrogen) atoms. The van der Waals surface area contributed by atoms with Gasteiger partial charge in [-0.15, -0.1) is 0 Å². The Kier molecular flexibility index (Phi) is 7.24. The number of carbonyl (C=O) groups is 3. The third kappa shape index (κ3) is 4.39. The van der Waals surface area contributed by atoms with Crippen LogP contribution in [0.15, 0.2) is 66.8 Å². The molecule has 0 aliphatic carbocycles. The van der Waals surface area contributed by atoms with Crippen LogP contribution in [0.2, 0.25) is 0 Å². The van der Waals surface area contributed by atoms with Crippen molar-refractivity contribution in [3.63, 3.8) is 0 Å². The van der Waals surface area contributed by atoms with Crippen molar-refractivity contribution in [1.29, 1.82) is 0 Å². The molecule has 1 unspecified atom stereocenters. The minimum Gasteiger partial charge on any atom is -0.394 e. The second-order valence-electron chi connectivity index (χ2n) is 12.1. The summed E-state index contributed by atoms with van der Waals surface area (Å²) in [7, 11) is 0. The van der Waals surface area contributed by atoms with E-state index < -0.39 is 35.6 Å². The number of nitrogens with zero attached hydrogens (tertiary/aromatic N) is 3. The Labute approximate surface area is 241 Å². The third-order valence-corrected chi connectivity index (χ3v) is 9.07. The number of rotatable bonds is 7. The Morgan fingerprint density at radius 1 is 1.00 bits per heavy atom. The van der Waals surface area contributed by atoms with Crippen molar-refractivity contribution in [2.24, 2.45) is 17.8 Å². The molecule has 0 saturated carbocycles. The highest BCUT2D eigenvalue weighted by molar-refractivity contribution is 6.06. The van der Waals surface area contributed by atoms with Gasteiger partial charge < -0.3 is 24.5 Å². The van der Waals surface area contributed by atoms with Crippen LogP contribution >= 0.6 is 0 Å². The molecule has 3 amide bonds. The van der Waals surface area contributed by atoms with Gasteiger partial charge in [0.2, 0.25) is 11.8 Å². The lowest BCUT2D eigenvalue weighted by Gasteiger charge is -2.39. The van der Waals surface area contributed by atoms with Gasteiger partial charge >= 0.3 is 0 Å². The normalized spacial score (nSPS) is 30.1. The van der Waals surface area contributed by atoms with E-state index >= 15 is 0 Å². The molecule has 2 fully saturated rings. The minimum absolute atomic E-state index is 0.112. The van der Waals surface area contributed by atoms with E-state index in [0.717, 1.165) is 22.9 Å². The van der Waals surface area contributed by atoms with Crippen molar-refractivity contribution in [2.45, 2.75) is 57.4 Å². The van der Waals surface area contributed by atoms with E-state index in [1.54, 1.807) is 14.7 Å². The average Bonchev–Trinajstić information content (AvgIpc) is 3.29. The molecule has 2 aromatic carbocycles. The van der Waals surface area contributed by atoms with E-state index in [-0.39, 0.29) is 30.2 Å². The summed E-state index contributed by atoms with van der Waals surface area (Å²) >= 11 is 0. The van der Waals surface area contributed by atoms with Crippen molar-refractivity contribution < 1.29 is 24.2 Å². The molecular weight excluding hydrogens is 518 g/mol. The van der Waals surface area contributed by atoms with E-state index in [0.29, 0.717) is 26.1 Å². The lowest BCUT2D eigenvalue weighted by Crippen LogP contribution is -2.58. The predicted octanol–water partition coefficient (Wildman–Crippen LogP) is 3.54. The summed E-state index contributed by atoms with van der Waals surface area (Å²) in [6.45, 7) is 7.18. The van der Waals surface area contributed by atoms with Crippen molar-refractivity contribution in [3.8, 4) is 0 Å². The van der Waals surface area contributed by atoms with Crippen LogP contribution in [-0.2, 0) is 19.1 Å². The average molecular weight is 558 g/mol. The van der Waals surface area contributed by atoms with E-state index in [1.807, 2.05) is 87.5 Å². The molecule has 4 aliphatic heterocycles. The first-order chi connectivity index (χ1) is 19.8. The van der Waals surface area contributed by atoms with Gasteiger partial charge in [0.1, 0.15) is 11.6 Å². The molecule has 8 nitrogen and oxygen atoms in total. The van der Waals surface area contributed by atoms with Gasteiger partial charge in [-0.25, -0.2) is 0 Å². The Morgan fingerprint density at radius 2 is 1.78 bits per heavy atom. The Bertz CT molecular complexity index is 1420. The van der Waals surface area contributed by atoms with Crippen LogP contribution in [0.5, 0.6) is 0 Å². The van der Waals surface area contributed by atoms with E-state index in [9.17, 15) is 19.5 Å². The van der Waals surface area contributed by atoms with Gasteiger partial charge in [0.25, 0.3) is 5.91 Å². The topological polar surface area (TPSA) is 90.4 Å². The fraction of sp³-hybridized carbons (Fsp3) is 0.485. The maximum atomic E-state index is 14.7. The highest BCUT2D eigenvalue weighted by Gasteiger charge is 2.72. The number of hydrogen-bond acceptors (Lipinski definition) is 5. The molecule has 216 valence electrons. The first-order valence-corrected chi connectivity index (χ1v) is 14.8. The number of aliphatic hydroxyl groups is 1. The second kappa shape index (κ2) is 10.7. The molecule has 4 aliphatic rings. The monoisotopic (exact) mass is 557 g/mol. The molecule has 0 aromatic heterocycles. The first kappa shape index (κ1) is 27.7. The Hall–Kier alpha value is -3.49. The van der Waals surface area contributed by atoms with Crippen LogP contribution in [0.25, 0.3) is 10.8 Å². The summed E-state index contributed by atoms with van der Waals surface area (Å²) in [5.41, 5.74) is -0.581. The number of anilines is 1. The van der Waals surface area contributed by atoms with Gasteiger partial charge in [0.05, 0.1) is 30.6 Å². The smallest absolute Gasteiger partial charge is 0.253 e. The standard InChI is InChI=1S/C33H39N3O5/c1-4-15-34-16-7-11-26-27(30(34)38)28-31(39)36(25(20-37)18-21(2)3)29-32(40)35(17-8-14-33(28,29)41-26)24-13-12-22-9-5-6-10-23(22)19-24/h5-14,19,21,25-29,37H,4,15-18,20H2,1-3H3/t25-,26+,27-,28+,29?,33+/m1/s1. The van der Waals surface area contributed by atoms with Gasteiger partial charge in [-0.05, 0) is 41.7 Å². The Balaban J connectivity index is 1.47. The zero-order chi connectivity index (χ0) is 28.9. The van der Waals surface area contributed by atoms with Crippen LogP contribution in [-0.4, -0.2) is 82.7 Å². The molecule has 2 saturated heterocycles. The summed E-state index contributed by atoms with van der Waals surface area (Å²) in [5.74, 6) is -2.07. The van der Waals surface area contributed by atoms with E-state index in [1.165, 1.54) is 0 Å². The second-order valence-corrected chi connectivity index (χ2v) is 12.1. The summed E-state index contributed by atoms with van der Waals surface area (Å²) < 4.78 is 6.75. The van der Waals surface area contributed by atoms with E-state index in [2.05, 4.69) is 0 Å². The van der Waals surface area contributed by atoms with Gasteiger partial charge in [-0.1, -0.05) is 75.4 Å². The van der Waals surface area contributed by atoms with Crippen LogP contribution < -0.4 is 4.90 Å². The summed E-state index contributed by atoms with van der Waals surface area (Å²) in [6, 6.07) is 12.3. The molecule has 4 heterocycles. The van der Waals surface area contributed by atoms with E-state index in [4.69, 9.17) is 4.74 Å². The maximum absolute atomic E-state index is 14.7. The number of carbonyl (C=O) groups excluding carboxylic acids is 3. The lowest BCUT2D eigenvalue weighted by molar-refractivity contribution is -0.147. The van der Waals surface area contributed by atoms with Gasteiger partial charge in [-0.2, -0.15) is 0 Å². The molecular formula is C33H39N3O5. The number of hydrogen-bond donors (Lipinski definition) is 1. The SMILES string of the molecule is CCCN1CC=C[C@@H]2O[C@]34C=CCN(c5ccc6ccccc6c5)C(=O)C3N([C@@H](CO)CC(C)C)C(=O)[C@@H]4[C@@H]2C1=O. The van der Waals surface area contributed by atoms with Crippen molar-refractivity contribution in [2.75, 3.05) is 31.1 Å². The number of ether oxygens (including phenoxy) is 1.